The van der Waals surface area contributed by atoms with Gasteiger partial charge in [-0.15, -0.1) is 0 Å². The van der Waals surface area contributed by atoms with Gasteiger partial charge in [0.2, 0.25) is 6.19 Å². The number of hydrogen-bond donors (Lipinski definition) is 0. The van der Waals surface area contributed by atoms with E-state index in [1.54, 1.807) is 13.1 Å². The summed E-state index contributed by atoms with van der Waals surface area (Å²) in [5.74, 6) is -0.459. The number of carbonyl (C=O) groups excluding carboxylic acids is 1. The summed E-state index contributed by atoms with van der Waals surface area (Å²) in [6.07, 6.45) is 4.35. The zero-order valence-corrected chi connectivity index (χ0v) is 6.52. The number of ether oxygens (including phenoxy) is 1. The molecule has 62 valence electrons. The normalized spacial score (nSPS) is 9.00. The first kappa shape index (κ1) is 8.27. The summed E-state index contributed by atoms with van der Waals surface area (Å²) in [5, 5.41) is 12.0. The van der Waals surface area contributed by atoms with Crippen LogP contribution in [0.5, 0.6) is 0 Å². The van der Waals surface area contributed by atoms with Gasteiger partial charge in [-0.1, -0.05) is 0 Å². The molecule has 5 heteroatoms. The Kier molecular flexibility index (Phi) is 2.43. The lowest BCUT2D eigenvalue weighted by Gasteiger charge is -1.95. The molecule has 0 aromatic carbocycles. The third kappa shape index (κ3) is 1.61. The van der Waals surface area contributed by atoms with Gasteiger partial charge in [0.15, 0.2) is 0 Å². The van der Waals surface area contributed by atoms with E-state index >= 15 is 0 Å². The maximum Gasteiger partial charge on any atom is 0.341 e. The molecule has 0 atom stereocenters. The monoisotopic (exact) mass is 165 g/mol. The molecule has 5 nitrogen and oxygen atoms in total. The molecule has 0 spiro atoms. The minimum Gasteiger partial charge on any atom is -0.462 e. The lowest BCUT2D eigenvalue weighted by atomic mass is 10.4. The summed E-state index contributed by atoms with van der Waals surface area (Å²) in [6.45, 7) is 2.03. The molecule has 0 N–H and O–H groups in total. The first-order valence-electron chi connectivity index (χ1n) is 3.39. The van der Waals surface area contributed by atoms with E-state index in [4.69, 9.17) is 5.26 Å². The number of nitrogens with zero attached hydrogens (tertiary/aromatic N) is 3. The van der Waals surface area contributed by atoms with Crippen molar-refractivity contribution in [1.82, 2.24) is 9.78 Å². The number of carbonyl (C=O) groups is 1. The molecule has 0 unspecified atom stereocenters. The van der Waals surface area contributed by atoms with Crippen molar-refractivity contribution in [2.24, 2.45) is 0 Å². The molecule has 0 fully saturated rings. The Balaban J connectivity index is 2.76. The third-order valence-electron chi connectivity index (χ3n) is 1.20. The maximum atomic E-state index is 11.0. The smallest absolute Gasteiger partial charge is 0.341 e. The van der Waals surface area contributed by atoms with Gasteiger partial charge < -0.3 is 4.74 Å². The van der Waals surface area contributed by atoms with Gasteiger partial charge in [0.25, 0.3) is 0 Å². The second kappa shape index (κ2) is 3.53. The molecule has 0 saturated carbocycles. The molecule has 0 bridgehead atoms. The molecule has 0 amide bonds. The van der Waals surface area contributed by atoms with Crippen molar-refractivity contribution < 1.29 is 9.53 Å². The molecule has 1 heterocycles. The van der Waals surface area contributed by atoms with E-state index in [1.165, 1.54) is 12.4 Å². The van der Waals surface area contributed by atoms with Crippen LogP contribution in [0, 0.1) is 11.5 Å². The van der Waals surface area contributed by atoms with Gasteiger partial charge in [0.05, 0.1) is 24.6 Å². The largest absolute Gasteiger partial charge is 0.462 e. The second-order valence-corrected chi connectivity index (χ2v) is 1.99. The number of esters is 1. The summed E-state index contributed by atoms with van der Waals surface area (Å²) in [4.78, 5) is 11.0. The molecule has 12 heavy (non-hydrogen) atoms. The molecule has 1 aromatic rings. The SMILES string of the molecule is CCOC(=O)c1cnn(C#N)c1. The summed E-state index contributed by atoms with van der Waals surface area (Å²) >= 11 is 0. The Morgan fingerprint density at radius 2 is 2.67 bits per heavy atom. The van der Waals surface area contributed by atoms with Crippen molar-refractivity contribution in [2.45, 2.75) is 6.92 Å². The van der Waals surface area contributed by atoms with E-state index < -0.39 is 5.97 Å². The van der Waals surface area contributed by atoms with Crippen molar-refractivity contribution in [1.29, 1.82) is 5.26 Å². The summed E-state index contributed by atoms with van der Waals surface area (Å²) in [5.41, 5.74) is 0.290. The number of hydrogen-bond acceptors (Lipinski definition) is 4. The van der Waals surface area contributed by atoms with Crippen LogP contribution in [0.3, 0.4) is 0 Å². The highest BCUT2D eigenvalue weighted by Crippen LogP contribution is 1.98. The lowest BCUT2D eigenvalue weighted by Crippen LogP contribution is -2.02. The Labute approximate surface area is 69.2 Å². The summed E-state index contributed by atoms with van der Waals surface area (Å²) < 4.78 is 5.68. The van der Waals surface area contributed by atoms with Crippen LogP contribution in [0.1, 0.15) is 17.3 Å². The minimum atomic E-state index is -0.459. The highest BCUT2D eigenvalue weighted by molar-refractivity contribution is 5.88. The lowest BCUT2D eigenvalue weighted by molar-refractivity contribution is 0.0526. The van der Waals surface area contributed by atoms with Crippen LogP contribution >= 0.6 is 0 Å². The van der Waals surface area contributed by atoms with Crippen LogP contribution in [0.15, 0.2) is 12.4 Å². The fourth-order valence-corrected chi connectivity index (χ4v) is 0.697. The van der Waals surface area contributed by atoms with Crippen LogP contribution in [-0.2, 0) is 4.74 Å². The topological polar surface area (TPSA) is 67.9 Å². The third-order valence-corrected chi connectivity index (χ3v) is 1.20. The number of nitriles is 1. The summed E-state index contributed by atoms with van der Waals surface area (Å²) in [6, 6.07) is 0. The maximum absolute atomic E-state index is 11.0. The minimum absolute atomic E-state index is 0.290. The highest BCUT2D eigenvalue weighted by Gasteiger charge is 2.08. The zero-order chi connectivity index (χ0) is 8.97. The van der Waals surface area contributed by atoms with E-state index in [2.05, 4.69) is 9.84 Å². The highest BCUT2D eigenvalue weighted by atomic mass is 16.5. The van der Waals surface area contributed by atoms with Gasteiger partial charge >= 0.3 is 5.97 Å². The van der Waals surface area contributed by atoms with Crippen molar-refractivity contribution in [3.05, 3.63) is 18.0 Å². The van der Waals surface area contributed by atoms with Crippen LogP contribution in [-0.4, -0.2) is 22.4 Å². The van der Waals surface area contributed by atoms with Crippen LogP contribution < -0.4 is 0 Å². The molecule has 1 rings (SSSR count). The summed E-state index contributed by atoms with van der Waals surface area (Å²) in [7, 11) is 0. The van der Waals surface area contributed by atoms with E-state index in [-0.39, 0.29) is 0 Å². The van der Waals surface area contributed by atoms with Crippen molar-refractivity contribution in [3.63, 3.8) is 0 Å². The second-order valence-electron chi connectivity index (χ2n) is 1.99. The number of aromatic nitrogens is 2. The van der Waals surface area contributed by atoms with Gasteiger partial charge in [-0.2, -0.15) is 15.0 Å². The first-order chi connectivity index (χ1) is 5.77. The molecule has 0 saturated heterocycles. The zero-order valence-electron chi connectivity index (χ0n) is 6.52. The van der Waals surface area contributed by atoms with E-state index in [0.29, 0.717) is 12.2 Å². The van der Waals surface area contributed by atoms with Gasteiger partial charge in [-0.3, -0.25) is 0 Å². The van der Waals surface area contributed by atoms with Crippen LogP contribution in [0.25, 0.3) is 0 Å². The molecule has 0 radical (unpaired) electrons. The van der Waals surface area contributed by atoms with Crippen molar-refractivity contribution in [3.8, 4) is 6.19 Å². The molecular formula is C7H7N3O2. The molecule has 0 aliphatic heterocycles. The average molecular weight is 165 g/mol. The van der Waals surface area contributed by atoms with E-state index in [0.717, 1.165) is 4.68 Å². The van der Waals surface area contributed by atoms with Crippen LogP contribution in [0.2, 0.25) is 0 Å². The predicted octanol–water partition coefficient (Wildman–Crippen LogP) is 0.389. The van der Waals surface area contributed by atoms with E-state index in [9.17, 15) is 4.79 Å². The quantitative estimate of drug-likeness (QED) is 0.594. The molecular weight excluding hydrogens is 158 g/mol. The fraction of sp³-hybridized carbons (Fsp3) is 0.286. The average Bonchev–Trinajstić information content (AvgIpc) is 2.52. The standard InChI is InChI=1S/C7H7N3O2/c1-2-12-7(11)6-3-9-10(4-6)5-8/h3-4H,2H2,1H3. The Hall–Kier alpha value is -1.83. The van der Waals surface area contributed by atoms with Gasteiger partial charge in [-0.25, -0.2) is 4.79 Å². The van der Waals surface area contributed by atoms with E-state index in [1.807, 2.05) is 0 Å². The number of rotatable bonds is 2. The van der Waals surface area contributed by atoms with Gasteiger partial charge in [0, 0.05) is 0 Å². The van der Waals surface area contributed by atoms with Crippen molar-refractivity contribution in [2.75, 3.05) is 6.61 Å². The first-order valence-corrected chi connectivity index (χ1v) is 3.39. The van der Waals surface area contributed by atoms with Crippen LogP contribution in [0.4, 0.5) is 0 Å². The molecule has 1 aromatic heterocycles. The Morgan fingerprint density at radius 1 is 1.92 bits per heavy atom. The Bertz CT molecular complexity index is 324. The van der Waals surface area contributed by atoms with Crippen molar-refractivity contribution >= 4 is 5.97 Å². The Morgan fingerprint density at radius 3 is 3.17 bits per heavy atom. The molecule has 0 aliphatic carbocycles. The molecule has 0 aliphatic rings. The van der Waals surface area contributed by atoms with Gasteiger partial charge in [0.1, 0.15) is 0 Å². The fourth-order valence-electron chi connectivity index (χ4n) is 0.697. The van der Waals surface area contributed by atoms with Gasteiger partial charge in [-0.05, 0) is 6.92 Å². The predicted molar refractivity (Wildman–Crippen MR) is 39.2 cm³/mol.